The minimum Gasteiger partial charge on any atom is -0.391 e. The smallest absolute Gasteiger partial charge is 0.0798 e. The molecule has 1 fully saturated rings. The van der Waals surface area contributed by atoms with E-state index in [1.807, 2.05) is 0 Å². The van der Waals surface area contributed by atoms with Gasteiger partial charge in [0.2, 0.25) is 0 Å². The van der Waals surface area contributed by atoms with Gasteiger partial charge in [-0.3, -0.25) is 0 Å². The highest BCUT2D eigenvalue weighted by molar-refractivity contribution is 4.73. The number of rotatable bonds is 3. The van der Waals surface area contributed by atoms with Gasteiger partial charge in [-0.2, -0.15) is 0 Å². The Kier molecular flexibility index (Phi) is 3.34. The summed E-state index contributed by atoms with van der Waals surface area (Å²) in [5.41, 5.74) is 0. The Morgan fingerprint density at radius 2 is 2.36 bits per heavy atom. The monoisotopic (exact) mass is 158 g/mol. The van der Waals surface area contributed by atoms with Crippen LogP contribution in [-0.4, -0.2) is 23.9 Å². The topological polar surface area (TPSA) is 29.5 Å². The first-order valence-electron chi connectivity index (χ1n) is 4.52. The van der Waals surface area contributed by atoms with E-state index in [0.29, 0.717) is 12.7 Å². The number of hydrogen-bond donors (Lipinski definition) is 1. The van der Waals surface area contributed by atoms with Crippen LogP contribution >= 0.6 is 0 Å². The van der Waals surface area contributed by atoms with Gasteiger partial charge in [0.25, 0.3) is 0 Å². The third-order valence-electron chi connectivity index (χ3n) is 2.42. The zero-order valence-electron chi connectivity index (χ0n) is 7.42. The van der Waals surface area contributed by atoms with E-state index in [9.17, 15) is 0 Å². The minimum atomic E-state index is -0.205. The first-order valence-corrected chi connectivity index (χ1v) is 4.52. The van der Waals surface area contributed by atoms with Crippen molar-refractivity contribution >= 4 is 0 Å². The van der Waals surface area contributed by atoms with Crippen LogP contribution in [0.5, 0.6) is 0 Å². The number of aliphatic hydroxyl groups excluding tert-OH is 1. The van der Waals surface area contributed by atoms with Gasteiger partial charge >= 0.3 is 0 Å². The highest BCUT2D eigenvalue weighted by atomic mass is 16.5. The zero-order valence-corrected chi connectivity index (χ0v) is 7.42. The lowest BCUT2D eigenvalue weighted by molar-refractivity contribution is 0.0759. The fourth-order valence-electron chi connectivity index (χ4n) is 1.47. The van der Waals surface area contributed by atoms with Gasteiger partial charge in [0, 0.05) is 6.42 Å². The van der Waals surface area contributed by atoms with Crippen LogP contribution in [0.1, 0.15) is 33.1 Å². The maximum absolute atomic E-state index is 9.16. The van der Waals surface area contributed by atoms with Crippen LogP contribution in [0.2, 0.25) is 0 Å². The van der Waals surface area contributed by atoms with Crippen molar-refractivity contribution in [3.05, 3.63) is 0 Å². The van der Waals surface area contributed by atoms with Crippen molar-refractivity contribution in [2.75, 3.05) is 6.61 Å². The van der Waals surface area contributed by atoms with E-state index < -0.39 is 0 Å². The molecule has 0 spiro atoms. The summed E-state index contributed by atoms with van der Waals surface area (Å²) in [5.74, 6) is 0.727. The van der Waals surface area contributed by atoms with Gasteiger partial charge in [-0.25, -0.2) is 0 Å². The quantitative estimate of drug-likeness (QED) is 0.675. The molecule has 1 N–H and O–H groups in total. The molecule has 3 unspecified atom stereocenters. The van der Waals surface area contributed by atoms with Gasteiger partial charge in [0.15, 0.2) is 0 Å². The Morgan fingerprint density at radius 3 is 2.82 bits per heavy atom. The maximum Gasteiger partial charge on any atom is 0.0798 e. The lowest BCUT2D eigenvalue weighted by atomic mass is 9.99. The van der Waals surface area contributed by atoms with E-state index in [1.165, 1.54) is 6.42 Å². The van der Waals surface area contributed by atoms with E-state index in [1.54, 1.807) is 0 Å². The first-order chi connectivity index (χ1) is 5.22. The largest absolute Gasteiger partial charge is 0.391 e. The first kappa shape index (κ1) is 9.01. The lowest BCUT2D eigenvalue weighted by Crippen LogP contribution is -2.10. The Hall–Kier alpha value is -0.0800. The van der Waals surface area contributed by atoms with Gasteiger partial charge < -0.3 is 9.84 Å². The summed E-state index contributed by atoms with van der Waals surface area (Å²) < 4.78 is 5.39. The average molecular weight is 158 g/mol. The van der Waals surface area contributed by atoms with Crippen molar-refractivity contribution < 1.29 is 9.84 Å². The SMILES string of the molecule is CCC(C)CC1CC(O)CO1. The number of aliphatic hydroxyl groups is 1. The molecule has 0 radical (unpaired) electrons. The van der Waals surface area contributed by atoms with Crippen molar-refractivity contribution in [2.24, 2.45) is 5.92 Å². The van der Waals surface area contributed by atoms with Crippen molar-refractivity contribution in [1.29, 1.82) is 0 Å². The fraction of sp³-hybridized carbons (Fsp3) is 1.00. The predicted octanol–water partition coefficient (Wildman–Crippen LogP) is 1.57. The third-order valence-corrected chi connectivity index (χ3v) is 2.42. The van der Waals surface area contributed by atoms with Crippen molar-refractivity contribution in [3.8, 4) is 0 Å². The maximum atomic E-state index is 9.16. The molecule has 3 atom stereocenters. The average Bonchev–Trinajstić information content (AvgIpc) is 2.35. The van der Waals surface area contributed by atoms with E-state index in [0.717, 1.165) is 18.8 Å². The van der Waals surface area contributed by atoms with Crippen LogP contribution in [0.3, 0.4) is 0 Å². The molecule has 1 saturated heterocycles. The molecule has 1 rings (SSSR count). The van der Waals surface area contributed by atoms with Crippen LogP contribution in [0, 0.1) is 5.92 Å². The summed E-state index contributed by atoms with van der Waals surface area (Å²) >= 11 is 0. The Morgan fingerprint density at radius 1 is 1.64 bits per heavy atom. The molecular weight excluding hydrogens is 140 g/mol. The molecule has 1 heterocycles. The molecule has 2 nitrogen and oxygen atoms in total. The second-order valence-corrected chi connectivity index (χ2v) is 3.59. The third kappa shape index (κ3) is 2.80. The highest BCUT2D eigenvalue weighted by Crippen LogP contribution is 2.21. The standard InChI is InChI=1S/C9H18O2/c1-3-7(2)4-9-5-8(10)6-11-9/h7-10H,3-6H2,1-2H3. The molecule has 1 aliphatic rings. The summed E-state index contributed by atoms with van der Waals surface area (Å²) in [5, 5.41) is 9.16. The summed E-state index contributed by atoms with van der Waals surface area (Å²) in [4.78, 5) is 0. The summed E-state index contributed by atoms with van der Waals surface area (Å²) in [6.45, 7) is 4.96. The molecule has 0 aromatic heterocycles. The van der Waals surface area contributed by atoms with Crippen LogP contribution in [0.25, 0.3) is 0 Å². The van der Waals surface area contributed by atoms with Gasteiger partial charge in [-0.15, -0.1) is 0 Å². The van der Waals surface area contributed by atoms with Crippen LogP contribution in [-0.2, 0) is 4.74 Å². The van der Waals surface area contributed by atoms with Crippen LogP contribution in [0.15, 0.2) is 0 Å². The van der Waals surface area contributed by atoms with E-state index in [-0.39, 0.29) is 6.10 Å². The van der Waals surface area contributed by atoms with Crippen LogP contribution < -0.4 is 0 Å². The van der Waals surface area contributed by atoms with E-state index >= 15 is 0 Å². The Labute approximate surface area is 68.6 Å². The normalized spacial score (nSPS) is 34.1. The summed E-state index contributed by atoms with van der Waals surface area (Å²) in [7, 11) is 0. The zero-order chi connectivity index (χ0) is 8.27. The van der Waals surface area contributed by atoms with E-state index in [2.05, 4.69) is 13.8 Å². The molecule has 1 aliphatic heterocycles. The second-order valence-electron chi connectivity index (χ2n) is 3.59. The summed E-state index contributed by atoms with van der Waals surface area (Å²) in [6.07, 6.45) is 3.26. The molecule has 0 aliphatic carbocycles. The van der Waals surface area contributed by atoms with Crippen molar-refractivity contribution in [2.45, 2.75) is 45.3 Å². The van der Waals surface area contributed by atoms with E-state index in [4.69, 9.17) is 9.84 Å². The van der Waals surface area contributed by atoms with Crippen molar-refractivity contribution in [3.63, 3.8) is 0 Å². The number of hydrogen-bond acceptors (Lipinski definition) is 2. The van der Waals surface area contributed by atoms with Crippen molar-refractivity contribution in [1.82, 2.24) is 0 Å². The van der Waals surface area contributed by atoms with Gasteiger partial charge in [-0.05, 0) is 12.3 Å². The fourth-order valence-corrected chi connectivity index (χ4v) is 1.47. The Balaban J connectivity index is 2.17. The molecule has 0 saturated carbocycles. The van der Waals surface area contributed by atoms with Gasteiger partial charge in [0.1, 0.15) is 0 Å². The molecule has 0 aromatic rings. The number of ether oxygens (including phenoxy) is 1. The predicted molar refractivity (Wildman–Crippen MR) is 44.4 cm³/mol. The minimum absolute atomic E-state index is 0.205. The lowest BCUT2D eigenvalue weighted by Gasteiger charge is -2.13. The van der Waals surface area contributed by atoms with Crippen LogP contribution in [0.4, 0.5) is 0 Å². The molecule has 2 heteroatoms. The Bertz CT molecular complexity index is 114. The second kappa shape index (κ2) is 4.07. The molecular formula is C9H18O2. The van der Waals surface area contributed by atoms with Gasteiger partial charge in [-0.1, -0.05) is 20.3 Å². The highest BCUT2D eigenvalue weighted by Gasteiger charge is 2.24. The molecule has 0 amide bonds. The van der Waals surface area contributed by atoms with Gasteiger partial charge in [0.05, 0.1) is 18.8 Å². The summed E-state index contributed by atoms with van der Waals surface area (Å²) in [6, 6.07) is 0. The molecule has 0 aromatic carbocycles. The molecule has 66 valence electrons. The molecule has 11 heavy (non-hydrogen) atoms. The molecule has 0 bridgehead atoms.